The van der Waals surface area contributed by atoms with Crippen molar-refractivity contribution in [2.45, 2.75) is 11.0 Å². The van der Waals surface area contributed by atoms with Gasteiger partial charge >= 0.3 is 0 Å². The van der Waals surface area contributed by atoms with E-state index in [1.807, 2.05) is 0 Å². The molecule has 0 amide bonds. The SMILES string of the molecule is COc1ccc(S(=O)(=O)N2CCOC(CO)C2)cc1Cl. The Morgan fingerprint density at radius 1 is 1.55 bits per heavy atom. The quantitative estimate of drug-likeness (QED) is 0.885. The molecule has 20 heavy (non-hydrogen) atoms. The third-order valence-corrected chi connectivity index (χ3v) is 5.22. The monoisotopic (exact) mass is 321 g/mol. The van der Waals surface area contributed by atoms with E-state index in [1.54, 1.807) is 0 Å². The highest BCUT2D eigenvalue weighted by atomic mass is 35.5. The van der Waals surface area contributed by atoms with Crippen molar-refractivity contribution in [3.05, 3.63) is 23.2 Å². The summed E-state index contributed by atoms with van der Waals surface area (Å²) in [6, 6.07) is 4.32. The van der Waals surface area contributed by atoms with Gasteiger partial charge in [0.1, 0.15) is 5.75 Å². The van der Waals surface area contributed by atoms with E-state index in [0.717, 1.165) is 0 Å². The van der Waals surface area contributed by atoms with Crippen molar-refractivity contribution in [1.82, 2.24) is 4.31 Å². The summed E-state index contributed by atoms with van der Waals surface area (Å²) in [5, 5.41) is 9.31. The lowest BCUT2D eigenvalue weighted by atomic mass is 10.3. The summed E-state index contributed by atoms with van der Waals surface area (Å²) in [7, 11) is -2.19. The second-order valence-electron chi connectivity index (χ2n) is 4.33. The number of ether oxygens (including phenoxy) is 2. The molecule has 1 aliphatic heterocycles. The fraction of sp³-hybridized carbons (Fsp3) is 0.500. The lowest BCUT2D eigenvalue weighted by Crippen LogP contribution is -2.46. The zero-order valence-corrected chi connectivity index (χ0v) is 12.5. The maximum absolute atomic E-state index is 12.5. The van der Waals surface area contributed by atoms with Crippen molar-refractivity contribution < 1.29 is 23.0 Å². The van der Waals surface area contributed by atoms with Gasteiger partial charge in [0, 0.05) is 13.1 Å². The topological polar surface area (TPSA) is 76.1 Å². The van der Waals surface area contributed by atoms with Crippen molar-refractivity contribution in [2.24, 2.45) is 0 Å². The summed E-state index contributed by atoms with van der Waals surface area (Å²) in [5.74, 6) is 0.417. The number of methoxy groups -OCH3 is 1. The Hall–Kier alpha value is -0.860. The molecule has 1 aliphatic rings. The molecule has 6 nitrogen and oxygen atoms in total. The van der Waals surface area contributed by atoms with E-state index in [9.17, 15) is 8.42 Å². The van der Waals surface area contributed by atoms with Gasteiger partial charge in [0.2, 0.25) is 10.0 Å². The number of rotatable bonds is 4. The molecule has 1 N–H and O–H groups in total. The summed E-state index contributed by atoms with van der Waals surface area (Å²) in [6.07, 6.45) is -0.493. The fourth-order valence-corrected chi connectivity index (χ4v) is 3.78. The van der Waals surface area contributed by atoms with Crippen LogP contribution in [0.3, 0.4) is 0 Å². The van der Waals surface area contributed by atoms with E-state index in [-0.39, 0.29) is 36.2 Å². The van der Waals surface area contributed by atoms with E-state index in [2.05, 4.69) is 0 Å². The Bertz CT molecular complexity index is 577. The molecule has 1 aromatic carbocycles. The van der Waals surface area contributed by atoms with Crippen LogP contribution in [0.5, 0.6) is 5.75 Å². The zero-order chi connectivity index (χ0) is 14.8. The van der Waals surface area contributed by atoms with Crippen LogP contribution in [0.4, 0.5) is 0 Å². The van der Waals surface area contributed by atoms with Gasteiger partial charge < -0.3 is 14.6 Å². The third kappa shape index (κ3) is 3.07. The molecule has 112 valence electrons. The van der Waals surface area contributed by atoms with Crippen LogP contribution in [0.15, 0.2) is 23.1 Å². The van der Waals surface area contributed by atoms with Gasteiger partial charge in [-0.05, 0) is 18.2 Å². The number of benzene rings is 1. The minimum absolute atomic E-state index is 0.0990. The Morgan fingerprint density at radius 3 is 2.90 bits per heavy atom. The summed E-state index contributed by atoms with van der Waals surface area (Å²) in [6.45, 7) is 0.425. The van der Waals surface area contributed by atoms with Crippen molar-refractivity contribution in [3.63, 3.8) is 0 Å². The first-order chi connectivity index (χ1) is 9.48. The van der Waals surface area contributed by atoms with Crippen molar-refractivity contribution >= 4 is 21.6 Å². The second kappa shape index (κ2) is 6.28. The van der Waals surface area contributed by atoms with Gasteiger partial charge in [-0.15, -0.1) is 0 Å². The normalized spacial score (nSPS) is 20.9. The Balaban J connectivity index is 2.28. The van der Waals surface area contributed by atoms with Crippen molar-refractivity contribution in [1.29, 1.82) is 0 Å². The Labute approximate surface area is 122 Å². The molecular formula is C12H16ClNO5S. The minimum atomic E-state index is -3.65. The van der Waals surface area contributed by atoms with Gasteiger partial charge in [-0.25, -0.2) is 8.42 Å². The number of nitrogens with zero attached hydrogens (tertiary/aromatic N) is 1. The molecule has 1 fully saturated rings. The van der Waals surface area contributed by atoms with Crippen LogP contribution in [-0.2, 0) is 14.8 Å². The molecule has 1 heterocycles. The maximum atomic E-state index is 12.5. The second-order valence-corrected chi connectivity index (χ2v) is 6.68. The van der Waals surface area contributed by atoms with Crippen LogP contribution in [0.25, 0.3) is 0 Å². The number of aliphatic hydroxyl groups is 1. The highest BCUT2D eigenvalue weighted by Crippen LogP contribution is 2.28. The van der Waals surface area contributed by atoms with Gasteiger partial charge in [-0.1, -0.05) is 11.6 Å². The van der Waals surface area contributed by atoms with Crippen LogP contribution in [-0.4, -0.2) is 57.3 Å². The van der Waals surface area contributed by atoms with Gasteiger partial charge in [0.25, 0.3) is 0 Å². The molecule has 2 rings (SSSR count). The largest absolute Gasteiger partial charge is 0.495 e. The van der Waals surface area contributed by atoms with E-state index < -0.39 is 16.1 Å². The molecule has 1 atom stereocenters. The lowest BCUT2D eigenvalue weighted by molar-refractivity contribution is -0.0304. The number of hydrogen-bond acceptors (Lipinski definition) is 5. The molecule has 1 aromatic rings. The Kier molecular flexibility index (Phi) is 4.87. The van der Waals surface area contributed by atoms with E-state index in [0.29, 0.717) is 5.75 Å². The first kappa shape index (κ1) is 15.5. The highest BCUT2D eigenvalue weighted by molar-refractivity contribution is 7.89. The van der Waals surface area contributed by atoms with E-state index in [1.165, 1.54) is 29.6 Å². The number of halogens is 1. The number of hydrogen-bond donors (Lipinski definition) is 1. The standard InChI is InChI=1S/C12H16ClNO5S/c1-18-12-3-2-10(6-11(12)13)20(16,17)14-4-5-19-9(7-14)8-15/h2-3,6,9,15H,4-5,7-8H2,1H3. The maximum Gasteiger partial charge on any atom is 0.243 e. The van der Waals surface area contributed by atoms with Crippen molar-refractivity contribution in [3.8, 4) is 5.75 Å². The Morgan fingerprint density at radius 2 is 2.30 bits per heavy atom. The van der Waals surface area contributed by atoms with Gasteiger partial charge in [-0.2, -0.15) is 4.31 Å². The highest BCUT2D eigenvalue weighted by Gasteiger charge is 2.30. The molecule has 0 radical (unpaired) electrons. The summed E-state index contributed by atoms with van der Waals surface area (Å²) < 4.78 is 36.5. The minimum Gasteiger partial charge on any atom is -0.495 e. The van der Waals surface area contributed by atoms with Gasteiger partial charge in [0.15, 0.2) is 0 Å². The summed E-state index contributed by atoms with van der Waals surface area (Å²) in [4.78, 5) is 0.0990. The molecular weight excluding hydrogens is 306 g/mol. The van der Waals surface area contributed by atoms with E-state index >= 15 is 0 Å². The third-order valence-electron chi connectivity index (χ3n) is 3.07. The fourth-order valence-electron chi connectivity index (χ4n) is 1.98. The first-order valence-corrected chi connectivity index (χ1v) is 7.87. The first-order valence-electron chi connectivity index (χ1n) is 6.05. The van der Waals surface area contributed by atoms with E-state index in [4.69, 9.17) is 26.2 Å². The summed E-state index contributed by atoms with van der Waals surface area (Å²) in [5.41, 5.74) is 0. The van der Waals surface area contributed by atoms with Crippen molar-refractivity contribution in [2.75, 3.05) is 33.4 Å². The number of morpholine rings is 1. The zero-order valence-electron chi connectivity index (χ0n) is 11.0. The molecule has 0 aromatic heterocycles. The van der Waals surface area contributed by atoms with Crippen LogP contribution in [0.1, 0.15) is 0 Å². The van der Waals surface area contributed by atoms with Crippen LogP contribution in [0, 0.1) is 0 Å². The molecule has 1 saturated heterocycles. The molecule has 0 aliphatic carbocycles. The average Bonchev–Trinajstić information content (AvgIpc) is 2.47. The smallest absolute Gasteiger partial charge is 0.243 e. The predicted molar refractivity (Wildman–Crippen MR) is 73.6 cm³/mol. The van der Waals surface area contributed by atoms with Crippen LogP contribution >= 0.6 is 11.6 Å². The predicted octanol–water partition coefficient (Wildman–Crippen LogP) is 0.730. The molecule has 0 saturated carbocycles. The van der Waals surface area contributed by atoms with Crippen LogP contribution in [0.2, 0.25) is 5.02 Å². The van der Waals surface area contributed by atoms with Gasteiger partial charge in [0.05, 0.1) is 36.3 Å². The average molecular weight is 322 g/mol. The van der Waals surface area contributed by atoms with Crippen LogP contribution < -0.4 is 4.74 Å². The molecule has 8 heteroatoms. The van der Waals surface area contributed by atoms with Gasteiger partial charge in [-0.3, -0.25) is 0 Å². The lowest BCUT2D eigenvalue weighted by Gasteiger charge is -2.31. The molecule has 1 unspecified atom stereocenters. The molecule has 0 spiro atoms. The number of aliphatic hydroxyl groups excluding tert-OH is 1. The molecule has 0 bridgehead atoms. The number of sulfonamides is 1. The summed E-state index contributed by atoms with van der Waals surface area (Å²) >= 11 is 5.96.